The van der Waals surface area contributed by atoms with Gasteiger partial charge in [-0.3, -0.25) is 0 Å². The number of benzene rings is 2. The molecule has 116 valence electrons. The lowest BCUT2D eigenvalue weighted by Gasteiger charge is -2.34. The first-order valence-electron chi connectivity index (χ1n) is 6.49. The molecule has 0 saturated heterocycles. The Bertz CT molecular complexity index is 728. The van der Waals surface area contributed by atoms with Gasteiger partial charge in [-0.15, -0.1) is 0 Å². The fourth-order valence-electron chi connectivity index (χ4n) is 2.46. The molecule has 0 aliphatic carbocycles. The molecule has 7 nitrogen and oxygen atoms in total. The van der Waals surface area contributed by atoms with Gasteiger partial charge in [-0.1, -0.05) is 6.07 Å². The normalized spacial score (nSPS) is 23.6. The van der Waals surface area contributed by atoms with Gasteiger partial charge >= 0.3 is 0 Å². The van der Waals surface area contributed by atoms with Crippen LogP contribution in [0, 0.1) is 0 Å². The second-order valence-corrected chi connectivity index (χ2v) is 5.07. The van der Waals surface area contributed by atoms with E-state index in [0.717, 1.165) is 0 Å². The third-order valence-corrected chi connectivity index (χ3v) is 3.67. The molecule has 0 saturated carbocycles. The zero-order valence-electron chi connectivity index (χ0n) is 11.2. The van der Waals surface area contributed by atoms with Crippen molar-refractivity contribution in [2.75, 3.05) is 0 Å². The van der Waals surface area contributed by atoms with E-state index in [-0.39, 0.29) is 22.6 Å². The minimum atomic E-state index is -1.36. The second-order valence-electron chi connectivity index (χ2n) is 5.07. The Morgan fingerprint density at radius 2 is 1.50 bits per heavy atom. The van der Waals surface area contributed by atoms with E-state index in [4.69, 9.17) is 4.74 Å². The average molecular weight is 306 g/mol. The van der Waals surface area contributed by atoms with Crippen molar-refractivity contribution in [3.63, 3.8) is 0 Å². The fourth-order valence-corrected chi connectivity index (χ4v) is 2.46. The highest BCUT2D eigenvalue weighted by molar-refractivity contribution is 5.56. The highest BCUT2D eigenvalue weighted by Crippen LogP contribution is 2.49. The molecule has 22 heavy (non-hydrogen) atoms. The molecule has 0 spiro atoms. The van der Waals surface area contributed by atoms with E-state index in [1.165, 1.54) is 30.3 Å². The Hall–Kier alpha value is -2.64. The van der Waals surface area contributed by atoms with Crippen molar-refractivity contribution in [1.82, 2.24) is 0 Å². The van der Waals surface area contributed by atoms with Crippen LogP contribution in [-0.2, 0) is 0 Å². The topological polar surface area (TPSA) is 131 Å². The highest BCUT2D eigenvalue weighted by atomic mass is 16.5. The molecule has 0 radical (unpaired) electrons. The van der Waals surface area contributed by atoms with Crippen LogP contribution in [0.2, 0.25) is 0 Å². The molecule has 1 aliphatic rings. The van der Waals surface area contributed by atoms with E-state index in [0.29, 0.717) is 0 Å². The quantitative estimate of drug-likeness (QED) is 0.434. The van der Waals surface area contributed by atoms with Gasteiger partial charge in [-0.05, 0) is 29.8 Å². The zero-order valence-corrected chi connectivity index (χ0v) is 11.2. The first-order valence-corrected chi connectivity index (χ1v) is 6.49. The van der Waals surface area contributed by atoms with Crippen molar-refractivity contribution in [2.24, 2.45) is 0 Å². The van der Waals surface area contributed by atoms with E-state index >= 15 is 0 Å². The van der Waals surface area contributed by atoms with Gasteiger partial charge < -0.3 is 35.4 Å². The van der Waals surface area contributed by atoms with E-state index in [1.54, 1.807) is 0 Å². The Morgan fingerprint density at radius 3 is 2.18 bits per heavy atom. The molecule has 3 rings (SSSR count). The van der Waals surface area contributed by atoms with Crippen molar-refractivity contribution in [2.45, 2.75) is 18.3 Å². The van der Waals surface area contributed by atoms with Crippen molar-refractivity contribution in [3.05, 3.63) is 41.5 Å². The summed E-state index contributed by atoms with van der Waals surface area (Å²) in [4.78, 5) is 0. The minimum Gasteiger partial charge on any atom is -0.504 e. The number of ether oxygens (including phenoxy) is 1. The summed E-state index contributed by atoms with van der Waals surface area (Å²) in [6.45, 7) is 0. The van der Waals surface area contributed by atoms with Gasteiger partial charge in [-0.2, -0.15) is 0 Å². The zero-order chi connectivity index (χ0) is 16.0. The van der Waals surface area contributed by atoms with Crippen LogP contribution in [0.4, 0.5) is 0 Å². The summed E-state index contributed by atoms with van der Waals surface area (Å²) in [5, 5.41) is 58.6. The maximum Gasteiger partial charge on any atom is 0.200 e. The number of rotatable bonds is 1. The first-order chi connectivity index (χ1) is 10.4. The number of aromatic hydroxyl groups is 4. The molecule has 2 aromatic carbocycles. The van der Waals surface area contributed by atoms with Crippen LogP contribution in [0.5, 0.6) is 28.7 Å². The van der Waals surface area contributed by atoms with Gasteiger partial charge in [0.05, 0.1) is 0 Å². The van der Waals surface area contributed by atoms with Crippen molar-refractivity contribution in [3.8, 4) is 28.7 Å². The summed E-state index contributed by atoms with van der Waals surface area (Å²) in [7, 11) is 0. The number of phenolic OH excluding ortho intramolecular Hbond substituents is 4. The van der Waals surface area contributed by atoms with Gasteiger partial charge in [0.1, 0.15) is 12.2 Å². The SMILES string of the molecule is Oc1ccc([C@H]2Oc3c(ccc(O)c3O)[C@H](O)[C@H]2O)cc1O. The minimum absolute atomic E-state index is 0.141. The molecule has 0 aromatic heterocycles. The lowest BCUT2D eigenvalue weighted by atomic mass is 9.91. The molecule has 1 heterocycles. The molecular weight excluding hydrogens is 292 g/mol. The number of phenols is 4. The molecule has 0 fully saturated rings. The van der Waals surface area contributed by atoms with Crippen LogP contribution >= 0.6 is 0 Å². The monoisotopic (exact) mass is 306 g/mol. The molecule has 0 bridgehead atoms. The Labute approximate surface area is 124 Å². The van der Waals surface area contributed by atoms with E-state index < -0.39 is 35.6 Å². The van der Waals surface area contributed by atoms with Gasteiger partial charge in [0.25, 0.3) is 0 Å². The number of hydrogen-bond donors (Lipinski definition) is 6. The average Bonchev–Trinajstić information content (AvgIpc) is 2.49. The van der Waals surface area contributed by atoms with Gasteiger partial charge in [0, 0.05) is 5.56 Å². The molecule has 6 N–H and O–H groups in total. The molecule has 1 aliphatic heterocycles. The van der Waals surface area contributed by atoms with Crippen LogP contribution in [0.25, 0.3) is 0 Å². The number of fused-ring (bicyclic) bond motifs is 1. The smallest absolute Gasteiger partial charge is 0.200 e. The number of aliphatic hydroxyl groups is 2. The third kappa shape index (κ3) is 2.07. The van der Waals surface area contributed by atoms with Crippen LogP contribution < -0.4 is 4.74 Å². The summed E-state index contributed by atoms with van der Waals surface area (Å²) < 4.78 is 5.49. The van der Waals surface area contributed by atoms with Crippen molar-refractivity contribution < 1.29 is 35.4 Å². The van der Waals surface area contributed by atoms with Gasteiger partial charge in [0.2, 0.25) is 5.75 Å². The largest absolute Gasteiger partial charge is 0.504 e. The van der Waals surface area contributed by atoms with E-state index in [9.17, 15) is 30.6 Å². The predicted octanol–water partition coefficient (Wildman–Crippen LogP) is 1.04. The Morgan fingerprint density at radius 1 is 0.818 bits per heavy atom. The van der Waals surface area contributed by atoms with Crippen LogP contribution in [0.1, 0.15) is 23.3 Å². The summed E-state index contributed by atoms with van der Waals surface area (Å²) >= 11 is 0. The summed E-state index contributed by atoms with van der Waals surface area (Å²) in [6.07, 6.45) is -3.81. The van der Waals surface area contributed by atoms with Crippen molar-refractivity contribution in [1.29, 1.82) is 0 Å². The molecule has 0 amide bonds. The fraction of sp³-hybridized carbons (Fsp3) is 0.200. The summed E-state index contributed by atoms with van der Waals surface area (Å²) in [6, 6.07) is 6.31. The lowest BCUT2D eigenvalue weighted by Crippen LogP contribution is -2.34. The molecular formula is C15H14O7. The van der Waals surface area contributed by atoms with Crippen LogP contribution in [0.3, 0.4) is 0 Å². The molecule has 0 unspecified atom stereocenters. The summed E-state index contributed by atoms with van der Waals surface area (Å²) in [5.41, 5.74) is 0.428. The van der Waals surface area contributed by atoms with Crippen molar-refractivity contribution >= 4 is 0 Å². The Kier molecular flexibility index (Phi) is 3.23. The van der Waals surface area contributed by atoms with E-state index in [1.807, 2.05) is 0 Å². The molecule has 2 aromatic rings. The molecule has 7 heteroatoms. The number of aliphatic hydroxyl groups excluding tert-OH is 2. The molecule has 3 atom stereocenters. The predicted molar refractivity (Wildman–Crippen MR) is 73.9 cm³/mol. The first kappa shape index (κ1) is 14.3. The second kappa shape index (κ2) is 4.97. The number of hydrogen-bond acceptors (Lipinski definition) is 7. The van der Waals surface area contributed by atoms with Crippen LogP contribution in [-0.4, -0.2) is 36.7 Å². The third-order valence-electron chi connectivity index (χ3n) is 3.67. The standard InChI is InChI=1S/C15H14O7/c16-8-3-1-6(5-10(8)18)14-13(21)11(19)7-2-4-9(17)12(20)15(7)22-14/h1-5,11,13-14,16-21H/t11-,13+,14+/m0/s1. The lowest BCUT2D eigenvalue weighted by molar-refractivity contribution is -0.0710. The highest BCUT2D eigenvalue weighted by Gasteiger charge is 2.39. The maximum atomic E-state index is 10.2. The summed E-state index contributed by atoms with van der Waals surface area (Å²) in [5.74, 6) is -1.86. The van der Waals surface area contributed by atoms with Gasteiger partial charge in [0.15, 0.2) is 29.1 Å². The van der Waals surface area contributed by atoms with Gasteiger partial charge in [-0.25, -0.2) is 0 Å². The van der Waals surface area contributed by atoms with Crippen LogP contribution in [0.15, 0.2) is 30.3 Å². The van der Waals surface area contributed by atoms with E-state index in [2.05, 4.69) is 0 Å². The Balaban J connectivity index is 2.07. The maximum absolute atomic E-state index is 10.2.